The van der Waals surface area contributed by atoms with E-state index in [0.29, 0.717) is 5.92 Å². The summed E-state index contributed by atoms with van der Waals surface area (Å²) in [5.41, 5.74) is 3.23. The van der Waals surface area contributed by atoms with Crippen LogP contribution in [0.15, 0.2) is 11.1 Å². The Morgan fingerprint density at radius 2 is 1.92 bits per heavy atom. The van der Waals surface area contributed by atoms with Gasteiger partial charge in [0.15, 0.2) is 0 Å². The molecule has 1 aliphatic heterocycles. The first-order chi connectivity index (χ1) is 6.16. The van der Waals surface area contributed by atoms with Gasteiger partial charge in [0, 0.05) is 0 Å². The summed E-state index contributed by atoms with van der Waals surface area (Å²) in [4.78, 5) is 0. The molecule has 0 saturated carbocycles. The molecule has 0 bridgehead atoms. The summed E-state index contributed by atoms with van der Waals surface area (Å²) in [6, 6.07) is 0. The Bertz CT molecular complexity index is 191. The number of hydrogen-bond acceptors (Lipinski definition) is 1. The van der Waals surface area contributed by atoms with E-state index in [2.05, 4.69) is 27.7 Å². The van der Waals surface area contributed by atoms with Crippen molar-refractivity contribution in [3.05, 3.63) is 11.1 Å². The Labute approximate surface area is 82.2 Å². The van der Waals surface area contributed by atoms with Crippen LogP contribution < -0.4 is 0 Å². The highest BCUT2D eigenvalue weighted by atomic mass is 16.5. The zero-order chi connectivity index (χ0) is 9.84. The number of hydrogen-bond donors (Lipinski definition) is 0. The highest BCUT2D eigenvalue weighted by Crippen LogP contribution is 2.29. The van der Waals surface area contributed by atoms with Crippen LogP contribution in [-0.2, 0) is 4.74 Å². The third-order valence-electron chi connectivity index (χ3n) is 3.09. The molecule has 0 radical (unpaired) electrons. The van der Waals surface area contributed by atoms with Crippen LogP contribution in [0.5, 0.6) is 0 Å². The second kappa shape index (κ2) is 4.80. The Balaban J connectivity index is 2.83. The zero-order valence-electron chi connectivity index (χ0n) is 9.39. The van der Waals surface area contributed by atoms with Gasteiger partial charge in [-0.15, -0.1) is 0 Å². The lowest BCUT2D eigenvalue weighted by Crippen LogP contribution is -2.18. The standard InChI is InChI=1S/C12H22O/c1-5-10(4)11-6-7-13-8-12(11)9(2)3/h9-10H,5-8H2,1-4H3. The molecular formula is C12H22O. The Kier molecular flexibility index (Phi) is 3.98. The first-order valence-electron chi connectivity index (χ1n) is 5.46. The largest absolute Gasteiger partial charge is 0.377 e. The zero-order valence-corrected chi connectivity index (χ0v) is 9.39. The van der Waals surface area contributed by atoms with Crippen molar-refractivity contribution in [2.75, 3.05) is 13.2 Å². The van der Waals surface area contributed by atoms with E-state index in [-0.39, 0.29) is 0 Å². The van der Waals surface area contributed by atoms with Gasteiger partial charge in [-0.2, -0.15) is 0 Å². The molecule has 0 N–H and O–H groups in total. The summed E-state index contributed by atoms with van der Waals surface area (Å²) in [5.74, 6) is 1.41. The third kappa shape index (κ3) is 2.57. The molecule has 1 nitrogen and oxygen atoms in total. The predicted octanol–water partition coefficient (Wildman–Crippen LogP) is 3.41. The monoisotopic (exact) mass is 182 g/mol. The van der Waals surface area contributed by atoms with E-state index in [1.165, 1.54) is 6.42 Å². The third-order valence-corrected chi connectivity index (χ3v) is 3.09. The van der Waals surface area contributed by atoms with Crippen LogP contribution in [0.3, 0.4) is 0 Å². The van der Waals surface area contributed by atoms with Crippen LogP contribution in [-0.4, -0.2) is 13.2 Å². The lowest BCUT2D eigenvalue weighted by atomic mass is 9.86. The van der Waals surface area contributed by atoms with Gasteiger partial charge >= 0.3 is 0 Å². The van der Waals surface area contributed by atoms with E-state index in [4.69, 9.17) is 4.74 Å². The second-order valence-electron chi connectivity index (χ2n) is 4.32. The molecule has 1 rings (SSSR count). The molecule has 0 aliphatic carbocycles. The van der Waals surface area contributed by atoms with Gasteiger partial charge in [-0.25, -0.2) is 0 Å². The van der Waals surface area contributed by atoms with Gasteiger partial charge in [-0.3, -0.25) is 0 Å². The molecule has 0 aromatic rings. The highest BCUT2D eigenvalue weighted by molar-refractivity contribution is 5.20. The summed E-state index contributed by atoms with van der Waals surface area (Å²) in [6.45, 7) is 10.9. The fraction of sp³-hybridized carbons (Fsp3) is 0.833. The molecule has 1 heteroatoms. The van der Waals surface area contributed by atoms with Crippen LogP contribution in [0.2, 0.25) is 0 Å². The average Bonchev–Trinajstić information content (AvgIpc) is 2.16. The van der Waals surface area contributed by atoms with Crippen molar-refractivity contribution in [2.24, 2.45) is 11.8 Å². The SMILES string of the molecule is CCC(C)C1=C(C(C)C)COCC1. The maximum absolute atomic E-state index is 5.51. The van der Waals surface area contributed by atoms with E-state index >= 15 is 0 Å². The summed E-state index contributed by atoms with van der Waals surface area (Å²) < 4.78 is 5.51. The first-order valence-corrected chi connectivity index (χ1v) is 5.46. The topological polar surface area (TPSA) is 9.23 Å². The van der Waals surface area contributed by atoms with Crippen molar-refractivity contribution in [2.45, 2.75) is 40.5 Å². The Morgan fingerprint density at radius 1 is 1.23 bits per heavy atom. The molecule has 0 fully saturated rings. The quantitative estimate of drug-likeness (QED) is 0.608. The van der Waals surface area contributed by atoms with Crippen molar-refractivity contribution in [3.63, 3.8) is 0 Å². The smallest absolute Gasteiger partial charge is 0.0682 e. The molecule has 0 amide bonds. The Morgan fingerprint density at radius 3 is 2.46 bits per heavy atom. The minimum atomic E-state index is 0.657. The van der Waals surface area contributed by atoms with Gasteiger partial charge in [-0.05, 0) is 30.3 Å². The number of rotatable bonds is 3. The lowest BCUT2D eigenvalue weighted by Gasteiger charge is -2.27. The normalized spacial score (nSPS) is 21.0. The maximum Gasteiger partial charge on any atom is 0.0682 e. The molecule has 13 heavy (non-hydrogen) atoms. The van der Waals surface area contributed by atoms with E-state index < -0.39 is 0 Å². The van der Waals surface area contributed by atoms with Crippen LogP contribution in [0.25, 0.3) is 0 Å². The fourth-order valence-corrected chi connectivity index (χ4v) is 1.96. The first kappa shape index (κ1) is 10.8. The van der Waals surface area contributed by atoms with Crippen LogP contribution in [0.1, 0.15) is 40.5 Å². The molecule has 0 spiro atoms. The summed E-state index contributed by atoms with van der Waals surface area (Å²) >= 11 is 0. The van der Waals surface area contributed by atoms with E-state index in [1.807, 2.05) is 0 Å². The van der Waals surface area contributed by atoms with Crippen molar-refractivity contribution < 1.29 is 4.74 Å². The Hall–Kier alpha value is -0.300. The molecule has 76 valence electrons. The molecule has 0 aromatic carbocycles. The molecule has 0 saturated heterocycles. The molecule has 0 aromatic heterocycles. The van der Waals surface area contributed by atoms with Crippen molar-refractivity contribution in [3.8, 4) is 0 Å². The minimum Gasteiger partial charge on any atom is -0.377 e. The number of ether oxygens (including phenoxy) is 1. The molecule has 1 heterocycles. The summed E-state index contributed by atoms with van der Waals surface area (Å²) in [6.07, 6.45) is 2.41. The summed E-state index contributed by atoms with van der Waals surface area (Å²) in [5, 5.41) is 0. The van der Waals surface area contributed by atoms with Gasteiger partial charge in [0.2, 0.25) is 0 Å². The molecule has 1 atom stereocenters. The van der Waals surface area contributed by atoms with Gasteiger partial charge in [0.1, 0.15) is 0 Å². The van der Waals surface area contributed by atoms with Crippen LogP contribution in [0.4, 0.5) is 0 Å². The van der Waals surface area contributed by atoms with E-state index in [9.17, 15) is 0 Å². The molecule has 1 aliphatic rings. The minimum absolute atomic E-state index is 0.657. The van der Waals surface area contributed by atoms with Crippen LogP contribution >= 0.6 is 0 Å². The maximum atomic E-state index is 5.51. The van der Waals surface area contributed by atoms with Crippen molar-refractivity contribution >= 4 is 0 Å². The second-order valence-corrected chi connectivity index (χ2v) is 4.32. The van der Waals surface area contributed by atoms with Crippen molar-refractivity contribution in [1.29, 1.82) is 0 Å². The van der Waals surface area contributed by atoms with Crippen molar-refractivity contribution in [1.82, 2.24) is 0 Å². The predicted molar refractivity (Wildman–Crippen MR) is 56.8 cm³/mol. The van der Waals surface area contributed by atoms with E-state index in [1.54, 1.807) is 11.1 Å². The summed E-state index contributed by atoms with van der Waals surface area (Å²) in [7, 11) is 0. The van der Waals surface area contributed by atoms with E-state index in [0.717, 1.165) is 25.6 Å². The lowest BCUT2D eigenvalue weighted by molar-refractivity contribution is 0.135. The van der Waals surface area contributed by atoms with Gasteiger partial charge in [-0.1, -0.05) is 33.3 Å². The molecule has 1 unspecified atom stereocenters. The van der Waals surface area contributed by atoms with Gasteiger partial charge in [0.05, 0.1) is 13.2 Å². The highest BCUT2D eigenvalue weighted by Gasteiger charge is 2.18. The van der Waals surface area contributed by atoms with Crippen LogP contribution in [0, 0.1) is 11.8 Å². The fourth-order valence-electron chi connectivity index (χ4n) is 1.96. The van der Waals surface area contributed by atoms with Gasteiger partial charge in [0.25, 0.3) is 0 Å². The average molecular weight is 182 g/mol. The van der Waals surface area contributed by atoms with Gasteiger partial charge < -0.3 is 4.74 Å². The molecular weight excluding hydrogens is 160 g/mol.